The van der Waals surface area contributed by atoms with Crippen LogP contribution in [0.1, 0.15) is 13.3 Å². The van der Waals surface area contributed by atoms with Crippen LogP contribution in [0.5, 0.6) is 0 Å². The van der Waals surface area contributed by atoms with Crippen LogP contribution in [0.15, 0.2) is 18.6 Å². The monoisotopic (exact) mass is 235 g/mol. The van der Waals surface area contributed by atoms with Gasteiger partial charge in [-0.3, -0.25) is 0 Å². The number of aliphatic hydroxyl groups is 1. The van der Waals surface area contributed by atoms with Gasteiger partial charge in [-0.15, -0.1) is 0 Å². The van der Waals surface area contributed by atoms with Crippen LogP contribution in [0.2, 0.25) is 0 Å². The summed E-state index contributed by atoms with van der Waals surface area (Å²) < 4.78 is 1.92. The van der Waals surface area contributed by atoms with Gasteiger partial charge in [0.1, 0.15) is 5.82 Å². The maximum absolute atomic E-state index is 8.76. The van der Waals surface area contributed by atoms with Crippen LogP contribution < -0.4 is 10.6 Å². The zero-order valence-corrected chi connectivity index (χ0v) is 9.85. The molecule has 0 atom stereocenters. The smallest absolute Gasteiger partial charge is 0.180 e. The van der Waals surface area contributed by atoms with Crippen molar-refractivity contribution in [3.8, 4) is 0 Å². The van der Waals surface area contributed by atoms with E-state index in [2.05, 4.69) is 20.6 Å². The van der Waals surface area contributed by atoms with Crippen LogP contribution in [0.4, 0.5) is 11.6 Å². The minimum atomic E-state index is 0.171. The highest BCUT2D eigenvalue weighted by atomic mass is 16.3. The first kappa shape index (κ1) is 11.7. The normalized spacial score (nSPS) is 10.7. The topological polar surface area (TPSA) is 74.5 Å². The average Bonchev–Trinajstić information content (AvgIpc) is 2.78. The Kier molecular flexibility index (Phi) is 3.77. The molecule has 3 N–H and O–H groups in total. The molecule has 0 amide bonds. The molecule has 0 aliphatic heterocycles. The molecule has 0 saturated heterocycles. The molecule has 0 unspecified atom stereocenters. The van der Waals surface area contributed by atoms with E-state index in [4.69, 9.17) is 5.11 Å². The summed E-state index contributed by atoms with van der Waals surface area (Å²) in [7, 11) is 0. The van der Waals surface area contributed by atoms with Crippen molar-refractivity contribution in [2.75, 3.05) is 30.3 Å². The molecule has 0 bridgehead atoms. The van der Waals surface area contributed by atoms with E-state index < -0.39 is 0 Å². The minimum Gasteiger partial charge on any atom is -0.396 e. The molecule has 0 fully saturated rings. The van der Waals surface area contributed by atoms with Gasteiger partial charge in [-0.05, 0) is 13.3 Å². The molecule has 2 aromatic heterocycles. The Labute approximate surface area is 99.7 Å². The predicted molar refractivity (Wildman–Crippen MR) is 67.3 cm³/mol. The van der Waals surface area contributed by atoms with Gasteiger partial charge >= 0.3 is 0 Å². The van der Waals surface area contributed by atoms with E-state index in [1.807, 2.05) is 23.7 Å². The van der Waals surface area contributed by atoms with E-state index in [-0.39, 0.29) is 6.61 Å². The Balaban J connectivity index is 2.26. The van der Waals surface area contributed by atoms with Crippen LogP contribution in [0, 0.1) is 0 Å². The van der Waals surface area contributed by atoms with Crippen molar-refractivity contribution in [3.63, 3.8) is 0 Å². The summed E-state index contributed by atoms with van der Waals surface area (Å²) in [5, 5.41) is 15.1. The predicted octanol–water partition coefficient (Wildman–Crippen LogP) is 0.955. The molecule has 0 saturated carbocycles. The fourth-order valence-electron chi connectivity index (χ4n) is 1.60. The number of rotatable bonds is 6. The summed E-state index contributed by atoms with van der Waals surface area (Å²) in [6.07, 6.45) is 6.22. The highest BCUT2D eigenvalue weighted by molar-refractivity contribution is 5.65. The van der Waals surface area contributed by atoms with Gasteiger partial charge in [0.25, 0.3) is 0 Å². The van der Waals surface area contributed by atoms with Gasteiger partial charge < -0.3 is 20.1 Å². The fraction of sp³-hybridized carbons (Fsp3) is 0.455. The number of nitrogens with zero attached hydrogens (tertiary/aromatic N) is 3. The summed E-state index contributed by atoms with van der Waals surface area (Å²) in [6, 6.07) is 0. The van der Waals surface area contributed by atoms with Crippen LogP contribution in [0.25, 0.3) is 5.65 Å². The first-order chi connectivity index (χ1) is 8.35. The van der Waals surface area contributed by atoms with Crippen molar-refractivity contribution in [1.29, 1.82) is 0 Å². The number of hydrogen-bond donors (Lipinski definition) is 3. The molecular formula is C11H17N5O. The molecular weight excluding hydrogens is 218 g/mol. The third-order valence-electron chi connectivity index (χ3n) is 2.36. The summed E-state index contributed by atoms with van der Waals surface area (Å²) in [6.45, 7) is 3.70. The fourth-order valence-corrected chi connectivity index (χ4v) is 1.60. The lowest BCUT2D eigenvalue weighted by atomic mass is 10.4. The molecule has 0 radical (unpaired) electrons. The van der Waals surface area contributed by atoms with Crippen molar-refractivity contribution >= 4 is 17.3 Å². The summed E-state index contributed by atoms with van der Waals surface area (Å²) >= 11 is 0. The first-order valence-electron chi connectivity index (χ1n) is 5.77. The highest BCUT2D eigenvalue weighted by Crippen LogP contribution is 2.16. The zero-order chi connectivity index (χ0) is 12.1. The van der Waals surface area contributed by atoms with Gasteiger partial charge in [-0.2, -0.15) is 0 Å². The first-order valence-corrected chi connectivity index (χ1v) is 5.77. The Morgan fingerprint density at radius 1 is 1.41 bits per heavy atom. The Hall–Kier alpha value is -1.82. The second kappa shape index (κ2) is 5.49. The third kappa shape index (κ3) is 2.65. The summed E-state index contributed by atoms with van der Waals surface area (Å²) in [5.41, 5.74) is 0.796. The molecule has 0 aromatic carbocycles. The van der Waals surface area contributed by atoms with E-state index in [1.165, 1.54) is 0 Å². The van der Waals surface area contributed by atoms with Crippen LogP contribution >= 0.6 is 0 Å². The quantitative estimate of drug-likeness (QED) is 0.650. The second-order valence-electron chi connectivity index (χ2n) is 3.67. The maximum Gasteiger partial charge on any atom is 0.180 e. The number of aliphatic hydroxyl groups excluding tert-OH is 1. The van der Waals surface area contributed by atoms with Gasteiger partial charge in [0.15, 0.2) is 11.5 Å². The van der Waals surface area contributed by atoms with E-state index in [1.54, 1.807) is 6.20 Å². The number of nitrogens with one attached hydrogen (secondary N) is 2. The molecule has 2 aromatic rings. The third-order valence-corrected chi connectivity index (χ3v) is 2.36. The molecule has 6 nitrogen and oxygen atoms in total. The molecule has 17 heavy (non-hydrogen) atoms. The lowest BCUT2D eigenvalue weighted by Crippen LogP contribution is -2.09. The molecule has 2 rings (SSSR count). The molecule has 0 spiro atoms. The van der Waals surface area contributed by atoms with Gasteiger partial charge in [-0.1, -0.05) is 0 Å². The molecule has 92 valence electrons. The summed E-state index contributed by atoms with van der Waals surface area (Å²) in [5.74, 6) is 1.55. The second-order valence-corrected chi connectivity index (χ2v) is 3.67. The van der Waals surface area contributed by atoms with Crippen molar-refractivity contribution < 1.29 is 5.11 Å². The number of fused-ring (bicyclic) bond motifs is 1. The van der Waals surface area contributed by atoms with E-state index >= 15 is 0 Å². The zero-order valence-electron chi connectivity index (χ0n) is 9.85. The van der Waals surface area contributed by atoms with E-state index in [0.29, 0.717) is 13.0 Å². The molecule has 6 heteroatoms. The minimum absolute atomic E-state index is 0.171. The van der Waals surface area contributed by atoms with Gasteiger partial charge in [0.2, 0.25) is 0 Å². The molecule has 0 aliphatic carbocycles. The lowest BCUT2D eigenvalue weighted by molar-refractivity contribution is 0.292. The Bertz CT molecular complexity index is 482. The van der Waals surface area contributed by atoms with Crippen molar-refractivity contribution in [2.24, 2.45) is 0 Å². The summed E-state index contributed by atoms with van der Waals surface area (Å²) in [4.78, 5) is 8.69. The number of imidazole rings is 1. The van der Waals surface area contributed by atoms with Crippen molar-refractivity contribution in [1.82, 2.24) is 14.4 Å². The SMILES string of the molecule is CCNc1cn2ccnc2c(NCCCO)n1. The maximum atomic E-state index is 8.76. The highest BCUT2D eigenvalue weighted by Gasteiger charge is 2.06. The molecule has 0 aliphatic rings. The number of aromatic nitrogens is 3. The standard InChI is InChI=1S/C11H17N5O/c1-2-12-9-8-16-6-5-14-11(16)10(15-9)13-4-3-7-17/h5-6,8,12,17H,2-4,7H2,1H3,(H,13,15). The number of anilines is 2. The Morgan fingerprint density at radius 2 is 2.29 bits per heavy atom. The van der Waals surface area contributed by atoms with Crippen LogP contribution in [0.3, 0.4) is 0 Å². The number of hydrogen-bond acceptors (Lipinski definition) is 5. The van der Waals surface area contributed by atoms with Gasteiger partial charge in [0.05, 0.1) is 6.20 Å². The largest absolute Gasteiger partial charge is 0.396 e. The van der Waals surface area contributed by atoms with Gasteiger partial charge in [-0.25, -0.2) is 9.97 Å². The molecule has 2 heterocycles. The average molecular weight is 235 g/mol. The van der Waals surface area contributed by atoms with Crippen LogP contribution in [-0.4, -0.2) is 39.2 Å². The van der Waals surface area contributed by atoms with Gasteiger partial charge in [0, 0.05) is 32.1 Å². The lowest BCUT2D eigenvalue weighted by Gasteiger charge is -2.09. The van der Waals surface area contributed by atoms with Crippen LogP contribution in [-0.2, 0) is 0 Å². The van der Waals surface area contributed by atoms with E-state index in [0.717, 1.165) is 23.8 Å². The van der Waals surface area contributed by atoms with Crippen molar-refractivity contribution in [3.05, 3.63) is 18.6 Å². The van der Waals surface area contributed by atoms with E-state index in [9.17, 15) is 0 Å². The Morgan fingerprint density at radius 3 is 3.06 bits per heavy atom. The van der Waals surface area contributed by atoms with Crippen molar-refractivity contribution in [2.45, 2.75) is 13.3 Å².